The Balaban J connectivity index is 2.79. The SMILES string of the molecule is CC(=O)CN(C)c1ccc(C(=O)O)cc1. The van der Waals surface area contributed by atoms with Crippen molar-refractivity contribution < 1.29 is 14.7 Å². The minimum absolute atomic E-state index is 0.0693. The van der Waals surface area contributed by atoms with Crippen molar-refractivity contribution in [2.75, 3.05) is 18.5 Å². The zero-order valence-electron chi connectivity index (χ0n) is 8.73. The Kier molecular flexibility index (Phi) is 3.44. The van der Waals surface area contributed by atoms with Crippen molar-refractivity contribution in [1.82, 2.24) is 0 Å². The van der Waals surface area contributed by atoms with Gasteiger partial charge < -0.3 is 10.0 Å². The van der Waals surface area contributed by atoms with Crippen LogP contribution in [0.25, 0.3) is 0 Å². The van der Waals surface area contributed by atoms with Crippen LogP contribution in [-0.2, 0) is 4.79 Å². The second kappa shape index (κ2) is 4.59. The van der Waals surface area contributed by atoms with Gasteiger partial charge in [-0.05, 0) is 31.2 Å². The number of nitrogens with zero attached hydrogens (tertiary/aromatic N) is 1. The first-order valence-corrected chi connectivity index (χ1v) is 4.54. The van der Waals surface area contributed by atoms with Crippen molar-refractivity contribution in [3.05, 3.63) is 29.8 Å². The normalized spacial score (nSPS) is 9.73. The fourth-order valence-electron chi connectivity index (χ4n) is 1.28. The molecule has 1 aromatic rings. The molecule has 0 aliphatic heterocycles. The Morgan fingerprint density at radius 3 is 2.20 bits per heavy atom. The molecule has 1 aromatic carbocycles. The third-order valence-corrected chi connectivity index (χ3v) is 2.01. The summed E-state index contributed by atoms with van der Waals surface area (Å²) in [5.41, 5.74) is 1.07. The molecule has 0 spiro atoms. The molecule has 0 heterocycles. The molecule has 0 saturated carbocycles. The number of carboxylic acid groups (broad SMARTS) is 1. The van der Waals surface area contributed by atoms with E-state index in [1.165, 1.54) is 19.1 Å². The first-order chi connectivity index (χ1) is 7.00. The molecule has 1 rings (SSSR count). The summed E-state index contributed by atoms with van der Waals surface area (Å²) < 4.78 is 0. The van der Waals surface area contributed by atoms with E-state index in [-0.39, 0.29) is 11.3 Å². The second-order valence-electron chi connectivity index (χ2n) is 3.41. The fraction of sp³-hybridized carbons (Fsp3) is 0.273. The van der Waals surface area contributed by atoms with E-state index in [1.54, 1.807) is 24.1 Å². The standard InChI is InChI=1S/C11H13NO3/c1-8(13)7-12(2)10-5-3-9(4-6-10)11(14)15/h3-6H,7H2,1-2H3,(H,14,15). The van der Waals surface area contributed by atoms with E-state index in [0.29, 0.717) is 6.54 Å². The van der Waals surface area contributed by atoms with Gasteiger partial charge in [0.15, 0.2) is 0 Å². The van der Waals surface area contributed by atoms with Crippen LogP contribution in [-0.4, -0.2) is 30.5 Å². The van der Waals surface area contributed by atoms with Gasteiger partial charge in [0.2, 0.25) is 0 Å². The van der Waals surface area contributed by atoms with Crippen LogP contribution in [0.2, 0.25) is 0 Å². The maximum absolute atomic E-state index is 10.9. The van der Waals surface area contributed by atoms with Crippen LogP contribution in [0.15, 0.2) is 24.3 Å². The van der Waals surface area contributed by atoms with Gasteiger partial charge in [0.05, 0.1) is 12.1 Å². The van der Waals surface area contributed by atoms with Gasteiger partial charge in [-0.1, -0.05) is 0 Å². The maximum Gasteiger partial charge on any atom is 0.335 e. The van der Waals surface area contributed by atoms with Crippen LogP contribution in [0.4, 0.5) is 5.69 Å². The molecule has 4 heteroatoms. The lowest BCUT2D eigenvalue weighted by molar-refractivity contribution is -0.115. The van der Waals surface area contributed by atoms with Gasteiger partial charge in [0, 0.05) is 12.7 Å². The summed E-state index contributed by atoms with van der Waals surface area (Å²) in [5, 5.41) is 8.69. The van der Waals surface area contributed by atoms with Gasteiger partial charge in [-0.2, -0.15) is 0 Å². The molecule has 15 heavy (non-hydrogen) atoms. The largest absolute Gasteiger partial charge is 0.478 e. The molecule has 0 atom stereocenters. The van der Waals surface area contributed by atoms with Gasteiger partial charge in [-0.25, -0.2) is 4.79 Å². The van der Waals surface area contributed by atoms with Crippen LogP contribution in [0.5, 0.6) is 0 Å². The maximum atomic E-state index is 10.9. The topological polar surface area (TPSA) is 57.6 Å². The summed E-state index contributed by atoms with van der Waals surface area (Å²) in [4.78, 5) is 23.2. The second-order valence-corrected chi connectivity index (χ2v) is 3.41. The molecule has 0 aliphatic carbocycles. The molecule has 0 aliphatic rings. The summed E-state index contributed by atoms with van der Waals surface area (Å²) in [6.07, 6.45) is 0. The third-order valence-electron chi connectivity index (χ3n) is 2.01. The number of hydrogen-bond acceptors (Lipinski definition) is 3. The Morgan fingerprint density at radius 1 is 1.27 bits per heavy atom. The predicted octanol–water partition coefficient (Wildman–Crippen LogP) is 1.41. The summed E-state index contributed by atoms with van der Waals surface area (Å²) in [6.45, 7) is 1.84. The van der Waals surface area contributed by atoms with Crippen molar-refractivity contribution in [2.24, 2.45) is 0 Å². The summed E-state index contributed by atoms with van der Waals surface area (Å²) >= 11 is 0. The number of aromatic carboxylic acids is 1. The smallest absolute Gasteiger partial charge is 0.335 e. The van der Waals surface area contributed by atoms with Crippen LogP contribution >= 0.6 is 0 Å². The molecule has 0 amide bonds. The highest BCUT2D eigenvalue weighted by atomic mass is 16.4. The molecule has 0 radical (unpaired) electrons. The fourth-order valence-corrected chi connectivity index (χ4v) is 1.28. The average molecular weight is 207 g/mol. The lowest BCUT2D eigenvalue weighted by Gasteiger charge is -2.17. The number of rotatable bonds is 4. The van der Waals surface area contributed by atoms with Gasteiger partial charge in [0.25, 0.3) is 0 Å². The molecule has 0 bridgehead atoms. The van der Waals surface area contributed by atoms with Crippen molar-refractivity contribution in [1.29, 1.82) is 0 Å². The van der Waals surface area contributed by atoms with Crippen LogP contribution in [0, 0.1) is 0 Å². The molecule has 1 N–H and O–H groups in total. The minimum atomic E-state index is -0.948. The Hall–Kier alpha value is -1.84. The predicted molar refractivity (Wildman–Crippen MR) is 57.4 cm³/mol. The minimum Gasteiger partial charge on any atom is -0.478 e. The van der Waals surface area contributed by atoms with E-state index >= 15 is 0 Å². The van der Waals surface area contributed by atoms with E-state index < -0.39 is 5.97 Å². The van der Waals surface area contributed by atoms with Crippen molar-refractivity contribution in [2.45, 2.75) is 6.92 Å². The highest BCUT2D eigenvalue weighted by Crippen LogP contribution is 2.13. The summed E-state index contributed by atoms with van der Waals surface area (Å²) in [7, 11) is 1.79. The van der Waals surface area contributed by atoms with Crippen LogP contribution < -0.4 is 4.90 Å². The van der Waals surface area contributed by atoms with E-state index in [1.807, 2.05) is 0 Å². The number of ketones is 1. The molecule has 0 aromatic heterocycles. The number of carboxylic acids is 1. The molecule has 4 nitrogen and oxygen atoms in total. The van der Waals surface area contributed by atoms with Crippen molar-refractivity contribution >= 4 is 17.4 Å². The number of likely N-dealkylation sites (N-methyl/N-ethyl adjacent to an activating group) is 1. The number of Topliss-reactive ketones (excluding diaryl/α,β-unsaturated/α-hetero) is 1. The van der Waals surface area contributed by atoms with Gasteiger partial charge in [0.1, 0.15) is 5.78 Å². The summed E-state index contributed by atoms with van der Waals surface area (Å²) in [6, 6.07) is 6.42. The Bertz CT molecular complexity index is 370. The number of anilines is 1. The Morgan fingerprint density at radius 2 is 1.80 bits per heavy atom. The molecule has 80 valence electrons. The quantitative estimate of drug-likeness (QED) is 0.811. The van der Waals surface area contributed by atoms with Gasteiger partial charge in [-0.15, -0.1) is 0 Å². The monoisotopic (exact) mass is 207 g/mol. The average Bonchev–Trinajstić information content (AvgIpc) is 2.17. The van der Waals surface area contributed by atoms with E-state index in [4.69, 9.17) is 5.11 Å². The number of carbonyl (C=O) groups excluding carboxylic acids is 1. The molecule has 0 unspecified atom stereocenters. The van der Waals surface area contributed by atoms with Crippen LogP contribution in [0.1, 0.15) is 17.3 Å². The number of hydrogen-bond donors (Lipinski definition) is 1. The van der Waals surface area contributed by atoms with E-state index in [9.17, 15) is 9.59 Å². The first-order valence-electron chi connectivity index (χ1n) is 4.54. The zero-order chi connectivity index (χ0) is 11.4. The molecular weight excluding hydrogens is 194 g/mol. The molecule has 0 saturated heterocycles. The lowest BCUT2D eigenvalue weighted by atomic mass is 10.2. The lowest BCUT2D eigenvalue weighted by Crippen LogP contribution is -2.23. The van der Waals surface area contributed by atoms with E-state index in [2.05, 4.69) is 0 Å². The van der Waals surface area contributed by atoms with Gasteiger partial charge >= 0.3 is 5.97 Å². The van der Waals surface area contributed by atoms with E-state index in [0.717, 1.165) is 5.69 Å². The Labute approximate surface area is 88.1 Å². The zero-order valence-corrected chi connectivity index (χ0v) is 8.73. The molecule has 0 fully saturated rings. The first kappa shape index (κ1) is 11.2. The van der Waals surface area contributed by atoms with Crippen LogP contribution in [0.3, 0.4) is 0 Å². The van der Waals surface area contributed by atoms with Crippen molar-refractivity contribution in [3.63, 3.8) is 0 Å². The number of carbonyl (C=O) groups is 2. The summed E-state index contributed by atoms with van der Waals surface area (Å²) in [5.74, 6) is -0.879. The van der Waals surface area contributed by atoms with Crippen molar-refractivity contribution in [3.8, 4) is 0 Å². The number of benzene rings is 1. The highest BCUT2D eigenvalue weighted by Gasteiger charge is 2.05. The molecular formula is C11H13NO3. The highest BCUT2D eigenvalue weighted by molar-refractivity contribution is 5.88. The van der Waals surface area contributed by atoms with Gasteiger partial charge in [-0.3, -0.25) is 4.79 Å². The third kappa shape index (κ3) is 3.09.